The Balaban J connectivity index is 0.00000380. The van der Waals surface area contributed by atoms with Gasteiger partial charge in [-0.1, -0.05) is 0 Å². The molecule has 11 nitrogen and oxygen atoms in total. The summed E-state index contributed by atoms with van der Waals surface area (Å²) in [7, 11) is 0. The molecule has 2 aromatic rings. The van der Waals surface area contributed by atoms with Crippen molar-refractivity contribution < 1.29 is 42.1 Å². The van der Waals surface area contributed by atoms with Gasteiger partial charge in [0.1, 0.15) is 11.6 Å². The van der Waals surface area contributed by atoms with Crippen molar-refractivity contribution >= 4 is 47.3 Å². The topological polar surface area (TPSA) is 170 Å². The average molecular weight is 544 g/mol. The molecule has 198 valence electrons. The van der Waals surface area contributed by atoms with Gasteiger partial charge in [-0.3, -0.25) is 19.4 Å². The predicted molar refractivity (Wildman–Crippen MR) is 126 cm³/mol. The summed E-state index contributed by atoms with van der Waals surface area (Å²) in [6.07, 6.45) is -8.61. The molecular formula is C22H21ClF3N5O6. The van der Waals surface area contributed by atoms with Crippen LogP contribution in [0, 0.1) is 0 Å². The van der Waals surface area contributed by atoms with E-state index in [0.29, 0.717) is 18.1 Å². The number of nitrogens with one attached hydrogen (secondary N) is 1. The molecule has 1 saturated heterocycles. The van der Waals surface area contributed by atoms with Gasteiger partial charge < -0.3 is 36.3 Å². The van der Waals surface area contributed by atoms with E-state index in [1.807, 2.05) is 0 Å². The molecular weight excluding hydrogens is 523 g/mol. The Morgan fingerprint density at radius 1 is 1.24 bits per heavy atom. The Hall–Kier alpha value is -3.88. The molecule has 4 rings (SSSR count). The fourth-order valence-electron chi connectivity index (χ4n) is 3.88. The number of benzene rings is 2. The van der Waals surface area contributed by atoms with Gasteiger partial charge in [-0.2, -0.15) is 0 Å². The van der Waals surface area contributed by atoms with E-state index in [9.17, 15) is 32.7 Å². The molecule has 2 aliphatic rings. The van der Waals surface area contributed by atoms with Crippen molar-refractivity contribution in [2.24, 2.45) is 16.5 Å². The summed E-state index contributed by atoms with van der Waals surface area (Å²) in [5.74, 6) is -3.29. The van der Waals surface area contributed by atoms with E-state index in [2.05, 4.69) is 15.0 Å². The molecule has 0 spiro atoms. The fraction of sp³-hybridized carbons (Fsp3) is 0.273. The maximum atomic E-state index is 13.1. The first kappa shape index (κ1) is 27.7. The molecule has 0 aliphatic carbocycles. The summed E-state index contributed by atoms with van der Waals surface area (Å²) in [5.41, 5.74) is 12.3. The third-order valence-corrected chi connectivity index (χ3v) is 5.50. The monoisotopic (exact) mass is 543 g/mol. The van der Waals surface area contributed by atoms with Crippen molar-refractivity contribution in [3.8, 4) is 5.75 Å². The number of halogens is 4. The van der Waals surface area contributed by atoms with Gasteiger partial charge in [0.15, 0.2) is 12.2 Å². The number of hydrogen-bond acceptors (Lipinski definition) is 8. The normalized spacial score (nSPS) is 17.8. The molecule has 15 heteroatoms. The lowest BCUT2D eigenvalue weighted by Gasteiger charge is -2.34. The number of rotatable bonds is 6. The molecule has 0 saturated carbocycles. The molecule has 0 radical (unpaired) electrons. The minimum absolute atomic E-state index is 0. The summed E-state index contributed by atoms with van der Waals surface area (Å²) in [6, 6.07) is 7.54. The second-order valence-electron chi connectivity index (χ2n) is 7.88. The van der Waals surface area contributed by atoms with E-state index in [-0.39, 0.29) is 31.2 Å². The molecule has 37 heavy (non-hydrogen) atoms. The van der Waals surface area contributed by atoms with Crippen molar-refractivity contribution in [3.05, 3.63) is 53.1 Å². The maximum Gasteiger partial charge on any atom is 0.573 e. The van der Waals surface area contributed by atoms with Crippen LogP contribution in [0.2, 0.25) is 0 Å². The van der Waals surface area contributed by atoms with E-state index in [4.69, 9.17) is 16.2 Å². The number of hydrogen-bond donors (Lipinski definition) is 4. The number of aliphatic hydroxyl groups is 1. The molecule has 0 unspecified atom stereocenters. The molecule has 3 amide bonds. The molecule has 6 N–H and O–H groups in total. The number of ether oxygens (including phenoxy) is 2. The van der Waals surface area contributed by atoms with Crippen LogP contribution in [0.5, 0.6) is 5.75 Å². The molecule has 2 aliphatic heterocycles. The Kier molecular flexibility index (Phi) is 7.95. The number of alkyl halides is 3. The van der Waals surface area contributed by atoms with E-state index in [1.54, 1.807) is 18.2 Å². The summed E-state index contributed by atoms with van der Waals surface area (Å²) < 4.78 is 46.8. The van der Waals surface area contributed by atoms with Crippen LogP contribution in [0.25, 0.3) is 0 Å². The van der Waals surface area contributed by atoms with E-state index in [1.165, 1.54) is 0 Å². The SMILES string of the molecule is Cl.NC(=O)c1cc(OC(F)(F)F)ccc1N1CCO[C@H]([C@@H](O)C(=O)Nc2ccc3c(c2)CN=C3N)C1=O. The van der Waals surface area contributed by atoms with Gasteiger partial charge in [0.25, 0.3) is 17.7 Å². The van der Waals surface area contributed by atoms with Crippen LogP contribution in [0.1, 0.15) is 21.5 Å². The number of aliphatic hydroxyl groups excluding tert-OH is 1. The highest BCUT2D eigenvalue weighted by molar-refractivity contribution is 6.08. The lowest BCUT2D eigenvalue weighted by atomic mass is 10.1. The molecule has 2 aromatic carbocycles. The number of carbonyl (C=O) groups is 3. The van der Waals surface area contributed by atoms with Crippen molar-refractivity contribution in [2.45, 2.75) is 25.1 Å². The second-order valence-corrected chi connectivity index (χ2v) is 7.88. The summed E-state index contributed by atoms with van der Waals surface area (Å²) in [6.45, 7) is 0.0759. The third-order valence-electron chi connectivity index (χ3n) is 5.50. The van der Waals surface area contributed by atoms with Gasteiger partial charge in [-0.25, -0.2) is 0 Å². The van der Waals surface area contributed by atoms with Gasteiger partial charge in [-0.15, -0.1) is 25.6 Å². The van der Waals surface area contributed by atoms with Crippen LogP contribution in [0.3, 0.4) is 0 Å². The van der Waals surface area contributed by atoms with Gasteiger partial charge in [0, 0.05) is 17.8 Å². The number of nitrogens with zero attached hydrogens (tertiary/aromatic N) is 2. The van der Waals surface area contributed by atoms with E-state index < -0.39 is 47.6 Å². The number of morpholine rings is 1. The van der Waals surface area contributed by atoms with Crippen LogP contribution in [-0.4, -0.2) is 60.4 Å². The first-order valence-electron chi connectivity index (χ1n) is 10.5. The zero-order valence-electron chi connectivity index (χ0n) is 18.8. The highest BCUT2D eigenvalue weighted by atomic mass is 35.5. The lowest BCUT2D eigenvalue weighted by Crippen LogP contribution is -2.55. The molecule has 0 bridgehead atoms. The first-order chi connectivity index (χ1) is 16.9. The van der Waals surface area contributed by atoms with Crippen LogP contribution >= 0.6 is 12.4 Å². The Bertz CT molecular complexity index is 1270. The number of amides is 3. The van der Waals surface area contributed by atoms with Crippen LogP contribution < -0.4 is 26.4 Å². The summed E-state index contributed by atoms with van der Waals surface area (Å²) >= 11 is 0. The summed E-state index contributed by atoms with van der Waals surface area (Å²) in [5, 5.41) is 13.0. The molecule has 2 atom stereocenters. The number of amidine groups is 1. The third kappa shape index (κ3) is 5.93. The predicted octanol–water partition coefficient (Wildman–Crippen LogP) is 1.06. The number of carbonyl (C=O) groups excluding carboxylic acids is 3. The van der Waals surface area contributed by atoms with Gasteiger partial charge in [0.2, 0.25) is 0 Å². The van der Waals surface area contributed by atoms with Gasteiger partial charge in [0.05, 0.1) is 24.4 Å². The van der Waals surface area contributed by atoms with Gasteiger partial charge in [-0.05, 0) is 42.0 Å². The largest absolute Gasteiger partial charge is 0.573 e. The van der Waals surface area contributed by atoms with Crippen LogP contribution in [0.4, 0.5) is 24.5 Å². The molecule has 0 aromatic heterocycles. The van der Waals surface area contributed by atoms with Crippen LogP contribution in [-0.2, 0) is 20.9 Å². The average Bonchev–Trinajstić information content (AvgIpc) is 3.17. The molecule has 2 heterocycles. The van der Waals surface area contributed by atoms with Crippen molar-refractivity contribution in [2.75, 3.05) is 23.4 Å². The highest BCUT2D eigenvalue weighted by Gasteiger charge is 2.40. The van der Waals surface area contributed by atoms with Crippen molar-refractivity contribution in [3.63, 3.8) is 0 Å². The zero-order chi connectivity index (χ0) is 26.2. The first-order valence-corrected chi connectivity index (χ1v) is 10.5. The van der Waals surface area contributed by atoms with Crippen molar-refractivity contribution in [1.29, 1.82) is 0 Å². The van der Waals surface area contributed by atoms with E-state index >= 15 is 0 Å². The quantitative estimate of drug-likeness (QED) is 0.422. The summed E-state index contributed by atoms with van der Waals surface area (Å²) in [4.78, 5) is 42.7. The fourth-order valence-corrected chi connectivity index (χ4v) is 3.88. The smallest absolute Gasteiger partial charge is 0.406 e. The lowest BCUT2D eigenvalue weighted by molar-refractivity contribution is -0.274. The zero-order valence-corrected chi connectivity index (χ0v) is 19.6. The second kappa shape index (κ2) is 10.6. The maximum absolute atomic E-state index is 13.1. The van der Waals surface area contributed by atoms with Gasteiger partial charge >= 0.3 is 6.36 Å². The number of fused-ring (bicyclic) bond motifs is 1. The minimum Gasteiger partial charge on any atom is -0.406 e. The highest BCUT2D eigenvalue weighted by Crippen LogP contribution is 2.31. The Morgan fingerprint density at radius 3 is 2.65 bits per heavy atom. The number of nitrogens with two attached hydrogens (primary N) is 2. The number of anilines is 2. The standard InChI is InChI=1S/C22H20F3N5O6.ClH/c23-22(24,25)36-12-2-4-15(14(8-12)19(27)32)30-5-6-35-17(21(30)34)16(31)20(33)29-11-1-3-13-10(7-11)9-28-18(13)26;/h1-4,7-8,16-17,31H,5-6,9H2,(H2,26,28)(H2,27,32)(H,29,33);1H/t16-,17-;/m1./s1. The number of aliphatic imine (C=N–C) groups is 1. The Morgan fingerprint density at radius 2 is 1.97 bits per heavy atom. The minimum atomic E-state index is -5.01. The van der Waals surface area contributed by atoms with E-state index in [0.717, 1.165) is 34.2 Å². The number of primary amides is 1. The van der Waals surface area contributed by atoms with Crippen molar-refractivity contribution in [1.82, 2.24) is 0 Å². The van der Waals surface area contributed by atoms with Crippen LogP contribution in [0.15, 0.2) is 41.4 Å². The Labute approximate surface area is 213 Å². The molecule has 1 fully saturated rings.